The Morgan fingerprint density at radius 1 is 1.11 bits per heavy atom. The molecule has 0 spiro atoms. The lowest BCUT2D eigenvalue weighted by Crippen LogP contribution is -2.51. The first-order valence-electron chi connectivity index (χ1n) is 9.76. The number of para-hydroxylation sites is 2. The van der Waals surface area contributed by atoms with Crippen molar-refractivity contribution in [2.45, 2.75) is 37.6 Å². The van der Waals surface area contributed by atoms with Crippen molar-refractivity contribution < 1.29 is 17.6 Å². The highest BCUT2D eigenvalue weighted by Crippen LogP contribution is 2.30. The van der Waals surface area contributed by atoms with Gasteiger partial charge in [-0.1, -0.05) is 12.1 Å². The fourth-order valence-electron chi connectivity index (χ4n) is 3.99. The second-order valence-corrected chi connectivity index (χ2v) is 9.65. The summed E-state index contributed by atoms with van der Waals surface area (Å²) in [6, 6.07) is 7.71. The van der Waals surface area contributed by atoms with Crippen molar-refractivity contribution in [3.05, 3.63) is 30.2 Å². The molecule has 0 atom stereocenters. The Kier molecular flexibility index (Phi) is 5.29. The first-order valence-corrected chi connectivity index (χ1v) is 11.6. The number of piperidine rings is 2. The van der Waals surface area contributed by atoms with Gasteiger partial charge in [0, 0.05) is 38.1 Å². The van der Waals surface area contributed by atoms with Crippen LogP contribution in [0.4, 0.5) is 4.79 Å². The van der Waals surface area contributed by atoms with E-state index >= 15 is 0 Å². The van der Waals surface area contributed by atoms with Crippen LogP contribution in [0.1, 0.15) is 37.5 Å². The van der Waals surface area contributed by atoms with Gasteiger partial charge in [-0.15, -0.1) is 0 Å². The molecule has 2 aromatic rings. The summed E-state index contributed by atoms with van der Waals surface area (Å²) >= 11 is 0. The summed E-state index contributed by atoms with van der Waals surface area (Å²) in [7, 11) is -3.15. The number of likely N-dealkylation sites (tertiary alicyclic amines) is 1. The molecule has 0 bridgehead atoms. The highest BCUT2D eigenvalue weighted by molar-refractivity contribution is 7.88. The molecular formula is C19H26N4O4S. The number of amides is 2. The molecule has 0 radical (unpaired) electrons. The maximum absolute atomic E-state index is 12.6. The summed E-state index contributed by atoms with van der Waals surface area (Å²) in [5.41, 5.74) is 1.68. The molecule has 152 valence electrons. The van der Waals surface area contributed by atoms with E-state index < -0.39 is 10.0 Å². The van der Waals surface area contributed by atoms with Crippen LogP contribution in [0.15, 0.2) is 28.7 Å². The molecule has 2 fully saturated rings. The largest absolute Gasteiger partial charge is 0.440 e. The van der Waals surface area contributed by atoms with Crippen molar-refractivity contribution in [3.63, 3.8) is 0 Å². The lowest BCUT2D eigenvalue weighted by atomic mass is 9.97. The van der Waals surface area contributed by atoms with E-state index in [-0.39, 0.29) is 18.0 Å². The number of hydrogen-bond donors (Lipinski definition) is 1. The Morgan fingerprint density at radius 2 is 1.79 bits per heavy atom. The molecule has 1 aromatic heterocycles. The van der Waals surface area contributed by atoms with Crippen LogP contribution >= 0.6 is 0 Å². The number of fused-ring (bicyclic) bond motifs is 1. The number of aromatic nitrogens is 1. The maximum Gasteiger partial charge on any atom is 0.317 e. The normalized spacial score (nSPS) is 20.5. The van der Waals surface area contributed by atoms with E-state index in [1.165, 1.54) is 10.6 Å². The molecule has 0 unspecified atom stereocenters. The number of nitrogens with zero attached hydrogens (tertiary/aromatic N) is 3. The van der Waals surface area contributed by atoms with Gasteiger partial charge in [-0.25, -0.2) is 22.5 Å². The highest BCUT2D eigenvalue weighted by atomic mass is 32.2. The van der Waals surface area contributed by atoms with Crippen LogP contribution in [-0.2, 0) is 10.0 Å². The first-order chi connectivity index (χ1) is 13.4. The Morgan fingerprint density at radius 3 is 2.43 bits per heavy atom. The molecule has 2 aliphatic heterocycles. The van der Waals surface area contributed by atoms with Crippen molar-refractivity contribution in [2.75, 3.05) is 32.4 Å². The summed E-state index contributed by atoms with van der Waals surface area (Å²) in [4.78, 5) is 19.0. The minimum absolute atomic E-state index is 0.0280. The van der Waals surface area contributed by atoms with E-state index in [4.69, 9.17) is 4.42 Å². The topological polar surface area (TPSA) is 95.8 Å². The Labute approximate surface area is 164 Å². The molecule has 28 heavy (non-hydrogen) atoms. The van der Waals surface area contributed by atoms with E-state index in [2.05, 4.69) is 10.3 Å². The van der Waals surface area contributed by atoms with Gasteiger partial charge in [-0.2, -0.15) is 0 Å². The predicted octanol–water partition coefficient (Wildman–Crippen LogP) is 2.14. The summed E-state index contributed by atoms with van der Waals surface area (Å²) in [6.45, 7) is 2.25. The number of carbonyl (C=O) groups is 1. The third-order valence-corrected chi connectivity index (χ3v) is 7.00. The Balaban J connectivity index is 1.27. The van der Waals surface area contributed by atoms with Crippen LogP contribution in [0.25, 0.3) is 11.1 Å². The van der Waals surface area contributed by atoms with E-state index in [0.29, 0.717) is 39.0 Å². The van der Waals surface area contributed by atoms with Crippen LogP contribution in [0.5, 0.6) is 0 Å². The third kappa shape index (κ3) is 4.15. The summed E-state index contributed by atoms with van der Waals surface area (Å²) in [5.74, 6) is 0.990. The number of sulfonamides is 1. The van der Waals surface area contributed by atoms with E-state index in [1.54, 1.807) is 0 Å². The van der Waals surface area contributed by atoms with Crippen molar-refractivity contribution >= 4 is 27.2 Å². The Hall–Kier alpha value is -2.13. The monoisotopic (exact) mass is 406 g/mol. The molecule has 2 saturated heterocycles. The zero-order chi connectivity index (χ0) is 19.7. The van der Waals surface area contributed by atoms with Gasteiger partial charge in [0.05, 0.1) is 6.26 Å². The van der Waals surface area contributed by atoms with Crippen LogP contribution < -0.4 is 5.32 Å². The lowest BCUT2D eigenvalue weighted by Gasteiger charge is -2.34. The van der Waals surface area contributed by atoms with Gasteiger partial charge in [0.2, 0.25) is 10.0 Å². The second kappa shape index (κ2) is 7.71. The van der Waals surface area contributed by atoms with E-state index in [1.807, 2.05) is 29.2 Å². The molecule has 2 aliphatic rings. The summed E-state index contributed by atoms with van der Waals surface area (Å²) in [5, 5.41) is 3.06. The average Bonchev–Trinajstić information content (AvgIpc) is 3.12. The fraction of sp³-hybridized carbons (Fsp3) is 0.579. The molecule has 1 aromatic carbocycles. The SMILES string of the molecule is CS(=O)(=O)N1CCC(NC(=O)N2CCC(c3nc4ccccc4o3)CC2)CC1. The molecule has 1 N–H and O–H groups in total. The van der Waals surface area contributed by atoms with Crippen LogP contribution in [0.2, 0.25) is 0 Å². The lowest BCUT2D eigenvalue weighted by molar-refractivity contribution is 0.169. The number of carbonyl (C=O) groups excluding carboxylic acids is 1. The van der Waals surface area contributed by atoms with Crippen LogP contribution in [-0.4, -0.2) is 67.1 Å². The van der Waals surface area contributed by atoms with E-state index in [9.17, 15) is 13.2 Å². The van der Waals surface area contributed by atoms with Crippen molar-refractivity contribution in [1.29, 1.82) is 0 Å². The fourth-order valence-corrected chi connectivity index (χ4v) is 4.87. The molecule has 9 heteroatoms. The molecule has 2 amide bonds. The minimum atomic E-state index is -3.15. The van der Waals surface area contributed by atoms with Gasteiger partial charge in [0.15, 0.2) is 11.5 Å². The zero-order valence-corrected chi connectivity index (χ0v) is 16.8. The molecule has 0 saturated carbocycles. The van der Waals surface area contributed by atoms with Gasteiger partial charge in [0.25, 0.3) is 0 Å². The first kappa shape index (κ1) is 19.2. The minimum Gasteiger partial charge on any atom is -0.440 e. The molecule has 3 heterocycles. The van der Waals surface area contributed by atoms with Gasteiger partial charge < -0.3 is 14.6 Å². The third-order valence-electron chi connectivity index (χ3n) is 5.69. The van der Waals surface area contributed by atoms with Gasteiger partial charge in [-0.05, 0) is 37.8 Å². The molecule has 0 aliphatic carbocycles. The second-order valence-electron chi connectivity index (χ2n) is 7.67. The Bertz CT molecular complexity index is 909. The predicted molar refractivity (Wildman–Crippen MR) is 106 cm³/mol. The smallest absolute Gasteiger partial charge is 0.317 e. The number of rotatable bonds is 3. The highest BCUT2D eigenvalue weighted by Gasteiger charge is 2.30. The van der Waals surface area contributed by atoms with E-state index in [0.717, 1.165) is 29.8 Å². The molecule has 8 nitrogen and oxygen atoms in total. The van der Waals surface area contributed by atoms with Crippen LogP contribution in [0.3, 0.4) is 0 Å². The van der Waals surface area contributed by atoms with Crippen molar-refractivity contribution in [1.82, 2.24) is 19.5 Å². The molecule has 4 rings (SSSR count). The van der Waals surface area contributed by atoms with Crippen molar-refractivity contribution in [2.24, 2.45) is 0 Å². The molecular weight excluding hydrogens is 380 g/mol. The van der Waals surface area contributed by atoms with Gasteiger partial charge in [-0.3, -0.25) is 0 Å². The van der Waals surface area contributed by atoms with Crippen molar-refractivity contribution in [3.8, 4) is 0 Å². The number of nitrogens with one attached hydrogen (secondary N) is 1. The van der Waals surface area contributed by atoms with Crippen LogP contribution in [0, 0.1) is 0 Å². The van der Waals surface area contributed by atoms with Gasteiger partial charge >= 0.3 is 6.03 Å². The quantitative estimate of drug-likeness (QED) is 0.843. The standard InChI is InChI=1S/C19H26N4O4S/c1-28(25,26)23-12-8-15(9-13-23)20-19(24)22-10-6-14(7-11-22)18-21-16-4-2-3-5-17(16)27-18/h2-5,14-15H,6-13H2,1H3,(H,20,24). The number of hydrogen-bond acceptors (Lipinski definition) is 5. The summed E-state index contributed by atoms with van der Waals surface area (Å²) in [6.07, 6.45) is 4.18. The number of benzene rings is 1. The maximum atomic E-state index is 12.6. The average molecular weight is 407 g/mol. The number of oxazole rings is 1. The summed E-state index contributed by atoms with van der Waals surface area (Å²) < 4.78 is 30.5. The zero-order valence-electron chi connectivity index (χ0n) is 16.0. The number of urea groups is 1. The van der Waals surface area contributed by atoms with Gasteiger partial charge in [0.1, 0.15) is 5.52 Å².